The lowest BCUT2D eigenvalue weighted by Gasteiger charge is -2.37. The van der Waals surface area contributed by atoms with Crippen LogP contribution in [0.15, 0.2) is 36.7 Å². The van der Waals surface area contributed by atoms with Gasteiger partial charge < -0.3 is 14.9 Å². The van der Waals surface area contributed by atoms with Gasteiger partial charge in [0.1, 0.15) is 28.6 Å². The molecule has 386 valence electrons. The number of benzene rings is 2. The number of aromatic nitrogens is 4. The molecule has 8 rings (SSSR count). The summed E-state index contributed by atoms with van der Waals surface area (Å²) >= 11 is 35.5. The fourth-order valence-corrected chi connectivity index (χ4v) is 9.89. The second-order valence-electron chi connectivity index (χ2n) is 17.6. The molecule has 2 aromatic carbocycles. The fraction of sp³-hybridized carbons (Fsp3) is 0.500. The maximum atomic E-state index is 14.4. The van der Waals surface area contributed by atoms with Crippen LogP contribution in [0, 0.1) is 11.8 Å². The number of aliphatic hydroxyl groups excluding tert-OH is 1. The Morgan fingerprint density at radius 3 is 1.44 bits per heavy atom. The van der Waals surface area contributed by atoms with E-state index >= 15 is 0 Å². The van der Waals surface area contributed by atoms with Gasteiger partial charge in [-0.15, -0.1) is 0 Å². The Balaban J connectivity index is 0.000000209. The van der Waals surface area contributed by atoms with E-state index in [0.29, 0.717) is 17.7 Å². The van der Waals surface area contributed by atoms with Crippen molar-refractivity contribution in [2.24, 2.45) is 11.8 Å². The third kappa shape index (κ3) is 11.4. The van der Waals surface area contributed by atoms with Gasteiger partial charge in [0.05, 0.1) is 30.1 Å². The number of carbonyl (C=O) groups excluding carboxylic acids is 2. The van der Waals surface area contributed by atoms with Crippen LogP contribution in [0.1, 0.15) is 85.0 Å². The number of halogens is 18. The molecule has 4 aliphatic rings. The molecule has 2 saturated carbocycles. The number of Topliss-reactive ketones (excluding diaryl/α,β-unsaturated/α-hetero) is 2. The van der Waals surface area contributed by atoms with Crippen molar-refractivity contribution in [3.63, 3.8) is 0 Å². The van der Waals surface area contributed by atoms with Crippen LogP contribution in [-0.2, 0) is 45.6 Å². The van der Waals surface area contributed by atoms with Crippen LogP contribution in [0.25, 0.3) is 0 Å². The van der Waals surface area contributed by atoms with E-state index in [1.54, 1.807) is 0 Å². The molecule has 4 heterocycles. The van der Waals surface area contributed by atoms with Crippen molar-refractivity contribution in [3.05, 3.63) is 100 Å². The lowest BCUT2D eigenvalue weighted by atomic mass is 9.77. The van der Waals surface area contributed by atoms with Crippen molar-refractivity contribution in [3.8, 4) is 0 Å². The number of hydrogen-bond donors (Lipinski definition) is 1. The summed E-state index contributed by atoms with van der Waals surface area (Å²) in [6.07, 6.45) is -19.3. The van der Waals surface area contributed by atoms with Crippen LogP contribution in [0.4, 0.5) is 64.6 Å². The van der Waals surface area contributed by atoms with Gasteiger partial charge in [-0.25, -0.2) is 19.9 Å². The smallest absolute Gasteiger partial charge is 0.372 e. The topological polar surface area (TPSA) is 112 Å². The largest absolute Gasteiger partial charge is 0.433 e. The number of aryl methyl sites for hydroxylation is 2. The zero-order valence-electron chi connectivity index (χ0n) is 36.1. The molecule has 0 radical (unpaired) electrons. The summed E-state index contributed by atoms with van der Waals surface area (Å²) in [6.45, 7) is -1.51. The van der Waals surface area contributed by atoms with E-state index in [1.807, 2.05) is 0 Å². The first-order valence-corrected chi connectivity index (χ1v) is 23.7. The predicted molar refractivity (Wildman–Crippen MR) is 239 cm³/mol. The van der Waals surface area contributed by atoms with Crippen molar-refractivity contribution in [1.29, 1.82) is 0 Å². The van der Waals surface area contributed by atoms with Gasteiger partial charge in [0.15, 0.2) is 11.4 Å². The predicted octanol–water partition coefficient (Wildman–Crippen LogP) is 13.5. The standard InChI is InChI=1S/C22H18Cl3F6N3O2.C22H18Cl3F6N3O/c23-13-7-12(8-14(24)16(13)25)20(22(29,30)31)5-6-34(18(20)36)19-32-9-11(17(33-19)21(26,27)28)3-4-15(35)10-1-2-10;23-14-7-13(8-15(24)17(14)25)20(22(29,30)31)5-6-34(10-20)19-32-9-12(18(33-19)21(26,27)28)3-4-16(35)11-1-2-11/h7-10,18,36H,1-6H2;7-9,11H,1-6,10H2. The van der Waals surface area contributed by atoms with Crippen LogP contribution in [0.3, 0.4) is 0 Å². The average molecular weight is 1140 g/mol. The van der Waals surface area contributed by atoms with Crippen molar-refractivity contribution < 1.29 is 67.4 Å². The van der Waals surface area contributed by atoms with E-state index in [-0.39, 0.29) is 102 Å². The molecule has 4 fully saturated rings. The van der Waals surface area contributed by atoms with Crippen molar-refractivity contribution in [2.45, 2.75) is 106 Å². The van der Waals surface area contributed by atoms with Crippen molar-refractivity contribution in [1.82, 2.24) is 19.9 Å². The van der Waals surface area contributed by atoms with Gasteiger partial charge >= 0.3 is 24.7 Å². The van der Waals surface area contributed by atoms with E-state index in [0.717, 1.165) is 54.4 Å². The molecule has 0 amide bonds. The molecule has 2 aliphatic carbocycles. The number of aliphatic hydroxyl groups is 1. The second-order valence-corrected chi connectivity index (χ2v) is 20.0. The molecule has 27 heteroatoms. The van der Waals surface area contributed by atoms with Gasteiger partial charge in [-0.2, -0.15) is 52.7 Å². The maximum absolute atomic E-state index is 14.4. The Kier molecular flexibility index (Phi) is 15.7. The molecule has 3 unspecified atom stereocenters. The summed E-state index contributed by atoms with van der Waals surface area (Å²) in [5.74, 6) is -1.71. The molecule has 0 bridgehead atoms. The molecule has 9 nitrogen and oxygen atoms in total. The monoisotopic (exact) mass is 1130 g/mol. The number of nitrogens with zero attached hydrogens (tertiary/aromatic N) is 6. The zero-order chi connectivity index (χ0) is 52.4. The number of carbonyl (C=O) groups is 2. The average Bonchev–Trinajstić information content (AvgIpc) is 4.22. The highest BCUT2D eigenvalue weighted by Crippen LogP contribution is 2.54. The summed E-state index contributed by atoms with van der Waals surface area (Å²) < 4.78 is 169. The first kappa shape index (κ1) is 55.2. The molecule has 2 saturated heterocycles. The van der Waals surface area contributed by atoms with Crippen LogP contribution in [0.2, 0.25) is 30.1 Å². The number of anilines is 2. The first-order chi connectivity index (χ1) is 32.9. The highest BCUT2D eigenvalue weighted by Gasteiger charge is 2.66. The summed E-state index contributed by atoms with van der Waals surface area (Å²) in [4.78, 5) is 40.4. The van der Waals surface area contributed by atoms with E-state index < -0.39 is 96.5 Å². The highest BCUT2D eigenvalue weighted by atomic mass is 35.5. The Bertz CT molecular complexity index is 2660. The lowest BCUT2D eigenvalue weighted by molar-refractivity contribution is -0.210. The number of ketones is 2. The van der Waals surface area contributed by atoms with Crippen molar-refractivity contribution >= 4 is 93.1 Å². The Morgan fingerprint density at radius 1 is 0.606 bits per heavy atom. The van der Waals surface area contributed by atoms with E-state index in [1.165, 1.54) is 0 Å². The molecule has 71 heavy (non-hydrogen) atoms. The fourth-order valence-electron chi connectivity index (χ4n) is 8.70. The summed E-state index contributed by atoms with van der Waals surface area (Å²) in [5.41, 5.74) is -9.43. The van der Waals surface area contributed by atoms with Gasteiger partial charge in [0.2, 0.25) is 11.9 Å². The Morgan fingerprint density at radius 2 is 1.03 bits per heavy atom. The zero-order valence-corrected chi connectivity index (χ0v) is 40.7. The summed E-state index contributed by atoms with van der Waals surface area (Å²) in [5, 5.41) is 9.69. The number of alkyl halides is 12. The molecular weight excluding hydrogens is 1100 g/mol. The van der Waals surface area contributed by atoms with Crippen LogP contribution in [0.5, 0.6) is 0 Å². The molecule has 1 N–H and O–H groups in total. The molecule has 0 spiro atoms. The Labute approximate surface area is 426 Å². The maximum Gasteiger partial charge on any atom is 0.433 e. The van der Waals surface area contributed by atoms with E-state index in [2.05, 4.69) is 19.9 Å². The Hall–Kier alpha value is -3.60. The van der Waals surface area contributed by atoms with Crippen LogP contribution >= 0.6 is 69.6 Å². The lowest BCUT2D eigenvalue weighted by Crippen LogP contribution is -2.52. The van der Waals surface area contributed by atoms with Crippen molar-refractivity contribution in [2.75, 3.05) is 29.4 Å². The van der Waals surface area contributed by atoms with Gasteiger partial charge in [-0.3, -0.25) is 9.59 Å². The number of rotatable bonds is 12. The summed E-state index contributed by atoms with van der Waals surface area (Å²) in [6, 6.07) is 3.96. The second kappa shape index (κ2) is 20.3. The minimum Gasteiger partial charge on any atom is -0.372 e. The normalized spacial score (nSPS) is 21.9. The molecule has 3 atom stereocenters. The molecular formula is C44H36Cl6F12N6O3. The quantitative estimate of drug-likeness (QED) is 0.109. The van der Waals surface area contributed by atoms with Gasteiger partial charge in [0, 0.05) is 67.8 Å². The molecule has 2 aliphatic heterocycles. The van der Waals surface area contributed by atoms with Gasteiger partial charge in [-0.1, -0.05) is 69.6 Å². The van der Waals surface area contributed by atoms with Crippen LogP contribution in [-0.4, -0.2) is 74.8 Å². The third-order valence-electron chi connectivity index (χ3n) is 13.0. The van der Waals surface area contributed by atoms with E-state index in [4.69, 9.17) is 69.6 Å². The minimum absolute atomic E-state index is 0.0740. The van der Waals surface area contributed by atoms with Crippen LogP contribution < -0.4 is 9.80 Å². The van der Waals surface area contributed by atoms with Gasteiger partial charge in [0.25, 0.3) is 0 Å². The molecule has 2 aromatic heterocycles. The SMILES string of the molecule is O=C(CCc1cnc(N2CCC(c3cc(Cl)c(Cl)c(Cl)c3)(C(F)(F)F)C2)nc1C(F)(F)F)C1CC1.O=C(CCc1cnc(N2CCC(c3cc(Cl)c(Cl)c(Cl)c3)(C(F)(F)F)C2O)nc1C(F)(F)F)C1CC1. The summed E-state index contributed by atoms with van der Waals surface area (Å²) in [7, 11) is 0. The number of hydrogen-bond acceptors (Lipinski definition) is 9. The molecule has 4 aromatic rings. The van der Waals surface area contributed by atoms with E-state index in [9.17, 15) is 67.4 Å². The minimum atomic E-state index is -5.06. The highest BCUT2D eigenvalue weighted by molar-refractivity contribution is 6.48. The third-order valence-corrected chi connectivity index (χ3v) is 15.4. The van der Waals surface area contributed by atoms with Gasteiger partial charge in [-0.05, 0) is 86.8 Å². The first-order valence-electron chi connectivity index (χ1n) is 21.4.